The van der Waals surface area contributed by atoms with Gasteiger partial charge in [-0.3, -0.25) is 14.9 Å². The quantitative estimate of drug-likeness (QED) is 0.628. The molecule has 0 saturated carbocycles. The zero-order valence-corrected chi connectivity index (χ0v) is 12.3. The molecule has 1 heterocycles. The number of sulfonamides is 1. The Labute approximate surface area is 125 Å². The number of benzene rings is 1. The standard InChI is InChI=1S/C11H12N2O6S2/c14-11(15)10-5-20-7-12(10)21(18,19)6-8-3-1-2-4-9(8)13(16)17/h1-4,10H,5-7H2,(H,14,15)/t10-/m0/s1. The summed E-state index contributed by atoms with van der Waals surface area (Å²) in [6.45, 7) is 0. The van der Waals surface area contributed by atoms with Crippen LogP contribution in [0.1, 0.15) is 5.56 Å². The van der Waals surface area contributed by atoms with Gasteiger partial charge in [0.2, 0.25) is 10.0 Å². The fraction of sp³-hybridized carbons (Fsp3) is 0.364. The first kappa shape index (κ1) is 15.7. The van der Waals surface area contributed by atoms with Crippen LogP contribution in [0.15, 0.2) is 24.3 Å². The van der Waals surface area contributed by atoms with Gasteiger partial charge in [0.15, 0.2) is 0 Å². The Morgan fingerprint density at radius 2 is 2.14 bits per heavy atom. The maximum Gasteiger partial charge on any atom is 0.322 e. The molecule has 0 spiro atoms. The van der Waals surface area contributed by atoms with Crippen LogP contribution in [0.5, 0.6) is 0 Å². The summed E-state index contributed by atoms with van der Waals surface area (Å²) in [6, 6.07) is 4.40. The maximum atomic E-state index is 12.3. The minimum Gasteiger partial charge on any atom is -0.480 e. The van der Waals surface area contributed by atoms with Gasteiger partial charge in [0.1, 0.15) is 6.04 Å². The molecule has 21 heavy (non-hydrogen) atoms. The van der Waals surface area contributed by atoms with Crippen LogP contribution in [0.3, 0.4) is 0 Å². The molecule has 1 fully saturated rings. The number of para-hydroxylation sites is 1. The number of thioether (sulfide) groups is 1. The lowest BCUT2D eigenvalue weighted by Crippen LogP contribution is -2.42. The van der Waals surface area contributed by atoms with Gasteiger partial charge in [-0.1, -0.05) is 18.2 Å². The van der Waals surface area contributed by atoms with E-state index in [-0.39, 0.29) is 22.9 Å². The molecular weight excluding hydrogens is 320 g/mol. The van der Waals surface area contributed by atoms with E-state index in [0.717, 1.165) is 4.31 Å². The lowest BCUT2D eigenvalue weighted by atomic mass is 10.2. The summed E-state index contributed by atoms with van der Waals surface area (Å²) in [5.41, 5.74) is -0.247. The average Bonchev–Trinajstić information content (AvgIpc) is 2.88. The summed E-state index contributed by atoms with van der Waals surface area (Å²) in [4.78, 5) is 21.3. The topological polar surface area (TPSA) is 118 Å². The van der Waals surface area contributed by atoms with Crippen molar-refractivity contribution in [1.29, 1.82) is 0 Å². The Hall–Kier alpha value is -1.65. The summed E-state index contributed by atoms with van der Waals surface area (Å²) < 4.78 is 25.5. The van der Waals surface area contributed by atoms with Crippen LogP contribution in [0, 0.1) is 10.1 Å². The zero-order valence-electron chi connectivity index (χ0n) is 10.7. The molecule has 8 nitrogen and oxygen atoms in total. The second-order valence-electron chi connectivity index (χ2n) is 4.38. The predicted octanol–water partition coefficient (Wildman–Crippen LogP) is 0.884. The third-order valence-corrected chi connectivity index (χ3v) is 5.96. The summed E-state index contributed by atoms with van der Waals surface area (Å²) in [7, 11) is -3.94. The number of nitrogens with zero attached hydrogens (tertiary/aromatic N) is 2. The van der Waals surface area contributed by atoms with Gasteiger partial charge in [-0.05, 0) is 0 Å². The number of carboxylic acid groups (broad SMARTS) is 1. The molecule has 1 aliphatic heterocycles. The number of hydrogen-bond donors (Lipinski definition) is 1. The fourth-order valence-corrected chi connectivity index (χ4v) is 5.31. The molecule has 1 atom stereocenters. The van der Waals surface area contributed by atoms with Crippen molar-refractivity contribution in [3.05, 3.63) is 39.9 Å². The van der Waals surface area contributed by atoms with Gasteiger partial charge in [0.25, 0.3) is 5.69 Å². The van der Waals surface area contributed by atoms with E-state index in [2.05, 4.69) is 0 Å². The van der Waals surface area contributed by atoms with Crippen molar-refractivity contribution < 1.29 is 23.2 Å². The van der Waals surface area contributed by atoms with E-state index in [9.17, 15) is 23.3 Å². The van der Waals surface area contributed by atoms with E-state index in [1.54, 1.807) is 0 Å². The van der Waals surface area contributed by atoms with Crippen LogP contribution in [0.4, 0.5) is 5.69 Å². The van der Waals surface area contributed by atoms with Gasteiger partial charge in [0, 0.05) is 17.4 Å². The monoisotopic (exact) mass is 332 g/mol. The number of carboxylic acids is 1. The van der Waals surface area contributed by atoms with Gasteiger partial charge < -0.3 is 5.11 Å². The Bertz CT molecular complexity index is 675. The van der Waals surface area contributed by atoms with Crippen molar-refractivity contribution in [2.75, 3.05) is 11.6 Å². The van der Waals surface area contributed by atoms with Crippen molar-refractivity contribution in [3.8, 4) is 0 Å². The number of hydrogen-bond acceptors (Lipinski definition) is 6. The first-order chi connectivity index (χ1) is 9.83. The lowest BCUT2D eigenvalue weighted by Gasteiger charge is -2.19. The average molecular weight is 332 g/mol. The Morgan fingerprint density at radius 3 is 2.76 bits per heavy atom. The molecule has 2 rings (SSSR count). The summed E-state index contributed by atoms with van der Waals surface area (Å²) in [6.07, 6.45) is 0. The maximum absolute atomic E-state index is 12.3. The van der Waals surface area contributed by atoms with Crippen LogP contribution in [-0.2, 0) is 20.6 Å². The van der Waals surface area contributed by atoms with Gasteiger partial charge >= 0.3 is 5.97 Å². The smallest absolute Gasteiger partial charge is 0.322 e. The summed E-state index contributed by atoms with van der Waals surface area (Å²) in [5.74, 6) is -1.59. The Morgan fingerprint density at radius 1 is 1.48 bits per heavy atom. The van der Waals surface area contributed by atoms with Crippen molar-refractivity contribution >= 4 is 33.4 Å². The first-order valence-electron chi connectivity index (χ1n) is 5.85. The Balaban J connectivity index is 2.30. The van der Waals surface area contributed by atoms with Crippen molar-refractivity contribution in [1.82, 2.24) is 4.31 Å². The molecule has 1 aliphatic rings. The van der Waals surface area contributed by atoms with E-state index >= 15 is 0 Å². The molecule has 0 radical (unpaired) electrons. The molecule has 0 aromatic heterocycles. The van der Waals surface area contributed by atoms with E-state index in [1.807, 2.05) is 0 Å². The number of rotatable bonds is 5. The fourth-order valence-electron chi connectivity index (χ4n) is 1.99. The highest BCUT2D eigenvalue weighted by Gasteiger charge is 2.39. The van der Waals surface area contributed by atoms with Crippen LogP contribution in [0.25, 0.3) is 0 Å². The largest absolute Gasteiger partial charge is 0.480 e. The molecule has 0 aliphatic carbocycles. The molecule has 1 saturated heterocycles. The number of nitro groups is 1. The van der Waals surface area contributed by atoms with E-state index in [0.29, 0.717) is 0 Å². The molecule has 114 valence electrons. The van der Waals surface area contributed by atoms with Gasteiger partial charge in [-0.15, -0.1) is 11.8 Å². The zero-order chi connectivity index (χ0) is 15.6. The summed E-state index contributed by atoms with van der Waals surface area (Å²) >= 11 is 1.20. The summed E-state index contributed by atoms with van der Waals surface area (Å²) in [5, 5.41) is 19.9. The van der Waals surface area contributed by atoms with Gasteiger partial charge in [0.05, 0.1) is 16.6 Å². The van der Waals surface area contributed by atoms with Crippen LogP contribution < -0.4 is 0 Å². The third-order valence-electron chi connectivity index (χ3n) is 3.01. The third kappa shape index (κ3) is 3.34. The van der Waals surface area contributed by atoms with Crippen LogP contribution in [0.2, 0.25) is 0 Å². The molecule has 1 aromatic rings. The molecule has 10 heteroatoms. The molecule has 1 aromatic carbocycles. The van der Waals surface area contributed by atoms with Crippen molar-refractivity contribution in [2.45, 2.75) is 11.8 Å². The lowest BCUT2D eigenvalue weighted by molar-refractivity contribution is -0.385. The van der Waals surface area contributed by atoms with E-state index in [1.165, 1.54) is 36.0 Å². The molecular formula is C11H12N2O6S2. The van der Waals surface area contributed by atoms with Crippen molar-refractivity contribution in [3.63, 3.8) is 0 Å². The predicted molar refractivity (Wildman–Crippen MR) is 76.3 cm³/mol. The molecule has 0 amide bonds. The SMILES string of the molecule is O=C(O)[C@@H]1CSCN1S(=O)(=O)Cc1ccccc1[N+](=O)[O-]. The highest BCUT2D eigenvalue weighted by molar-refractivity contribution is 8.00. The van der Waals surface area contributed by atoms with Gasteiger partial charge in [-0.25, -0.2) is 8.42 Å². The van der Waals surface area contributed by atoms with Crippen molar-refractivity contribution in [2.24, 2.45) is 0 Å². The normalized spacial score (nSPS) is 19.5. The number of aliphatic carboxylic acids is 1. The molecule has 0 unspecified atom stereocenters. The second kappa shape index (κ2) is 6.00. The first-order valence-corrected chi connectivity index (χ1v) is 8.61. The highest BCUT2D eigenvalue weighted by atomic mass is 32.2. The van der Waals surface area contributed by atoms with Crippen LogP contribution in [-0.4, -0.2) is 46.4 Å². The van der Waals surface area contributed by atoms with E-state index in [4.69, 9.17) is 5.11 Å². The number of carbonyl (C=O) groups is 1. The molecule has 0 bridgehead atoms. The van der Waals surface area contributed by atoms with Gasteiger partial charge in [-0.2, -0.15) is 4.31 Å². The van der Waals surface area contributed by atoms with Crippen LogP contribution >= 0.6 is 11.8 Å². The minimum absolute atomic E-state index is 0.0416. The minimum atomic E-state index is -3.94. The Kier molecular flexibility index (Phi) is 4.49. The van der Waals surface area contributed by atoms with E-state index < -0.39 is 32.7 Å². The second-order valence-corrected chi connectivity index (χ2v) is 7.30. The number of nitro benzene ring substituents is 1. The molecule has 1 N–H and O–H groups in total. The highest BCUT2D eigenvalue weighted by Crippen LogP contribution is 2.28.